The smallest absolute Gasteiger partial charge is 0.273 e. The van der Waals surface area contributed by atoms with Crippen molar-refractivity contribution in [3.8, 4) is 11.5 Å². The normalized spacial score (nSPS) is 10.5. The van der Waals surface area contributed by atoms with Gasteiger partial charge in [0.05, 0.1) is 0 Å². The van der Waals surface area contributed by atoms with Crippen molar-refractivity contribution in [1.29, 1.82) is 0 Å². The first-order chi connectivity index (χ1) is 9.13. The van der Waals surface area contributed by atoms with Gasteiger partial charge in [-0.25, -0.2) is 13.8 Å². The van der Waals surface area contributed by atoms with Gasteiger partial charge in [-0.1, -0.05) is 6.07 Å². The molecule has 1 aromatic carbocycles. The van der Waals surface area contributed by atoms with Crippen molar-refractivity contribution < 1.29 is 18.0 Å². The molecule has 0 fully saturated rings. The predicted molar refractivity (Wildman–Crippen MR) is 68.0 cm³/mol. The number of hydrogen-bond acceptors (Lipinski definition) is 4. The molecule has 1 amide bonds. The molecule has 19 heavy (non-hydrogen) atoms. The van der Waals surface area contributed by atoms with Gasteiger partial charge >= 0.3 is 0 Å². The average molecular weight is 284 g/mol. The van der Waals surface area contributed by atoms with Crippen molar-refractivity contribution in [2.24, 2.45) is 0 Å². The highest BCUT2D eigenvalue weighted by Gasteiger charge is 2.18. The van der Waals surface area contributed by atoms with Crippen molar-refractivity contribution >= 4 is 18.5 Å². The largest absolute Gasteiger partial charge is 0.443 e. The number of aromatic nitrogens is 1. The van der Waals surface area contributed by atoms with Crippen molar-refractivity contribution in [3.05, 3.63) is 41.8 Å². The lowest BCUT2D eigenvalue weighted by Crippen LogP contribution is -2.25. The van der Waals surface area contributed by atoms with Gasteiger partial charge in [0.25, 0.3) is 5.91 Å². The Morgan fingerprint density at radius 1 is 1.37 bits per heavy atom. The van der Waals surface area contributed by atoms with Crippen LogP contribution in [0.4, 0.5) is 8.78 Å². The number of hydrogen-bond donors (Lipinski definition) is 2. The predicted octanol–water partition coefficient (Wildman–Crippen LogP) is 2.28. The van der Waals surface area contributed by atoms with E-state index in [0.717, 1.165) is 18.4 Å². The van der Waals surface area contributed by atoms with E-state index in [4.69, 9.17) is 4.42 Å². The number of thiol groups is 1. The second-order valence-corrected chi connectivity index (χ2v) is 4.06. The summed E-state index contributed by atoms with van der Waals surface area (Å²) in [5.74, 6) is -1.89. The third-order valence-electron chi connectivity index (χ3n) is 2.31. The van der Waals surface area contributed by atoms with E-state index in [1.807, 2.05) is 0 Å². The van der Waals surface area contributed by atoms with Gasteiger partial charge in [-0.15, -0.1) is 0 Å². The van der Waals surface area contributed by atoms with Crippen LogP contribution in [-0.2, 0) is 0 Å². The lowest BCUT2D eigenvalue weighted by molar-refractivity contribution is 0.0951. The minimum absolute atomic E-state index is 0.0422. The molecular formula is C12H10F2N2O2S. The Morgan fingerprint density at radius 3 is 2.68 bits per heavy atom. The van der Waals surface area contributed by atoms with E-state index in [2.05, 4.69) is 22.9 Å². The van der Waals surface area contributed by atoms with E-state index >= 15 is 0 Å². The topological polar surface area (TPSA) is 55.1 Å². The Hall–Kier alpha value is -1.89. The number of nitrogens with zero attached hydrogens (tertiary/aromatic N) is 1. The first-order valence-corrected chi connectivity index (χ1v) is 6.05. The van der Waals surface area contributed by atoms with Crippen molar-refractivity contribution in [2.45, 2.75) is 0 Å². The summed E-state index contributed by atoms with van der Waals surface area (Å²) in [4.78, 5) is 15.3. The average Bonchev–Trinajstić information content (AvgIpc) is 2.85. The molecule has 0 aliphatic heterocycles. The standard InChI is InChI=1S/C12H10F2N2O2S/c13-7-2-1-3-8(14)10(7)12-16-9(6-18-12)11(17)15-4-5-19/h1-3,6,19H,4-5H2,(H,15,17). The van der Waals surface area contributed by atoms with Crippen LogP contribution >= 0.6 is 12.6 Å². The molecule has 0 spiro atoms. The number of oxazole rings is 1. The fourth-order valence-corrected chi connectivity index (χ4v) is 1.57. The molecule has 0 aliphatic rings. The summed E-state index contributed by atoms with van der Waals surface area (Å²) in [5.41, 5.74) is -0.435. The Kier molecular flexibility index (Phi) is 4.16. The zero-order chi connectivity index (χ0) is 13.8. The molecule has 4 nitrogen and oxygen atoms in total. The minimum atomic E-state index is -0.802. The number of amides is 1. The van der Waals surface area contributed by atoms with Crippen molar-refractivity contribution in [1.82, 2.24) is 10.3 Å². The minimum Gasteiger partial charge on any atom is -0.443 e. The third kappa shape index (κ3) is 2.93. The van der Waals surface area contributed by atoms with Gasteiger partial charge in [0.2, 0.25) is 5.89 Å². The SMILES string of the molecule is O=C(NCCS)c1coc(-c2c(F)cccc2F)n1. The summed E-state index contributed by atoms with van der Waals surface area (Å²) < 4.78 is 31.9. The highest BCUT2D eigenvalue weighted by Crippen LogP contribution is 2.25. The number of carbonyl (C=O) groups excluding carboxylic acids is 1. The quantitative estimate of drug-likeness (QED) is 0.847. The molecule has 1 N–H and O–H groups in total. The number of rotatable bonds is 4. The summed E-state index contributed by atoms with van der Waals surface area (Å²) in [7, 11) is 0. The first-order valence-electron chi connectivity index (χ1n) is 5.42. The molecule has 1 heterocycles. The lowest BCUT2D eigenvalue weighted by Gasteiger charge is -1.99. The van der Waals surface area contributed by atoms with Crippen LogP contribution in [0.1, 0.15) is 10.5 Å². The molecule has 7 heteroatoms. The lowest BCUT2D eigenvalue weighted by atomic mass is 10.2. The van der Waals surface area contributed by atoms with Gasteiger partial charge in [0, 0.05) is 12.3 Å². The van der Waals surface area contributed by atoms with Crippen molar-refractivity contribution in [3.63, 3.8) is 0 Å². The summed E-state index contributed by atoms with van der Waals surface area (Å²) in [5, 5.41) is 2.52. The molecule has 0 saturated heterocycles. The zero-order valence-electron chi connectivity index (χ0n) is 9.69. The summed E-state index contributed by atoms with van der Waals surface area (Å²) in [6.07, 6.45) is 1.05. The Labute approximate surface area is 113 Å². The van der Waals surface area contributed by atoms with Crippen LogP contribution in [0.2, 0.25) is 0 Å². The second kappa shape index (κ2) is 5.83. The molecule has 0 atom stereocenters. The number of nitrogens with one attached hydrogen (secondary N) is 1. The fourth-order valence-electron chi connectivity index (χ4n) is 1.45. The molecule has 100 valence electrons. The van der Waals surface area contributed by atoms with Gasteiger partial charge in [-0.3, -0.25) is 4.79 Å². The van der Waals surface area contributed by atoms with Gasteiger partial charge in [-0.2, -0.15) is 12.6 Å². The Morgan fingerprint density at radius 2 is 2.05 bits per heavy atom. The number of carbonyl (C=O) groups is 1. The molecule has 0 bridgehead atoms. The zero-order valence-corrected chi connectivity index (χ0v) is 10.6. The molecule has 0 radical (unpaired) electrons. The number of halogens is 2. The summed E-state index contributed by atoms with van der Waals surface area (Å²) >= 11 is 3.94. The van der Waals surface area contributed by atoms with Crippen LogP contribution in [-0.4, -0.2) is 23.2 Å². The molecule has 2 aromatic rings. The fraction of sp³-hybridized carbons (Fsp3) is 0.167. The Bertz CT molecular complexity index is 581. The maximum absolute atomic E-state index is 13.5. The van der Waals surface area contributed by atoms with Crippen LogP contribution in [0.25, 0.3) is 11.5 Å². The number of benzene rings is 1. The first kappa shape index (κ1) is 13.5. The molecule has 0 aliphatic carbocycles. The van der Waals surface area contributed by atoms with E-state index in [-0.39, 0.29) is 11.6 Å². The van der Waals surface area contributed by atoms with Crippen LogP contribution < -0.4 is 5.32 Å². The van der Waals surface area contributed by atoms with Crippen LogP contribution in [0.5, 0.6) is 0 Å². The van der Waals surface area contributed by atoms with Gasteiger partial charge in [0.15, 0.2) is 5.69 Å². The highest BCUT2D eigenvalue weighted by molar-refractivity contribution is 7.80. The van der Waals surface area contributed by atoms with Gasteiger partial charge < -0.3 is 9.73 Å². The monoisotopic (exact) mass is 284 g/mol. The molecule has 2 rings (SSSR count). The highest BCUT2D eigenvalue weighted by atomic mass is 32.1. The molecule has 0 unspecified atom stereocenters. The maximum atomic E-state index is 13.5. The molecule has 1 aromatic heterocycles. The summed E-state index contributed by atoms with van der Waals surface area (Å²) in [6, 6.07) is 3.41. The van der Waals surface area contributed by atoms with E-state index in [1.54, 1.807) is 0 Å². The van der Waals surface area contributed by atoms with E-state index in [9.17, 15) is 13.6 Å². The maximum Gasteiger partial charge on any atom is 0.273 e. The molecule has 0 saturated carbocycles. The Balaban J connectivity index is 2.28. The van der Waals surface area contributed by atoms with E-state index in [1.165, 1.54) is 6.07 Å². The summed E-state index contributed by atoms with van der Waals surface area (Å²) in [6.45, 7) is 0.359. The third-order valence-corrected chi connectivity index (χ3v) is 2.53. The van der Waals surface area contributed by atoms with Crippen molar-refractivity contribution in [2.75, 3.05) is 12.3 Å². The molecular weight excluding hydrogens is 274 g/mol. The van der Waals surface area contributed by atoms with Crippen LogP contribution in [0.15, 0.2) is 28.9 Å². The van der Waals surface area contributed by atoms with Crippen LogP contribution in [0.3, 0.4) is 0 Å². The van der Waals surface area contributed by atoms with Gasteiger partial charge in [-0.05, 0) is 12.1 Å². The van der Waals surface area contributed by atoms with Crippen LogP contribution in [0, 0.1) is 11.6 Å². The van der Waals surface area contributed by atoms with E-state index < -0.39 is 23.1 Å². The van der Waals surface area contributed by atoms with Gasteiger partial charge in [0.1, 0.15) is 23.5 Å². The second-order valence-electron chi connectivity index (χ2n) is 3.61. The van der Waals surface area contributed by atoms with E-state index in [0.29, 0.717) is 12.3 Å².